The molecular weight excluding hydrogens is 256 g/mol. The fraction of sp³-hybridized carbons (Fsp3) is 0.467. The Hall–Kier alpha value is -1.88. The van der Waals surface area contributed by atoms with Crippen LogP contribution in [0.15, 0.2) is 30.3 Å². The van der Waals surface area contributed by atoms with E-state index in [0.29, 0.717) is 26.1 Å². The summed E-state index contributed by atoms with van der Waals surface area (Å²) in [5.74, 6) is -0.766. The van der Waals surface area contributed by atoms with E-state index in [-0.39, 0.29) is 12.3 Å². The van der Waals surface area contributed by atoms with Crippen molar-refractivity contribution in [2.45, 2.75) is 19.4 Å². The first-order valence-electron chi connectivity index (χ1n) is 6.67. The third kappa shape index (κ3) is 6.33. The first kappa shape index (κ1) is 16.2. The average Bonchev–Trinajstić information content (AvgIpc) is 2.39. The molecule has 110 valence electrons. The topological polar surface area (TPSA) is 60.9 Å². The van der Waals surface area contributed by atoms with E-state index in [2.05, 4.69) is 0 Å². The molecule has 0 saturated carbocycles. The lowest BCUT2D eigenvalue weighted by Crippen LogP contribution is -2.36. The lowest BCUT2D eigenvalue weighted by molar-refractivity contribution is -0.137. The zero-order valence-electron chi connectivity index (χ0n) is 12.1. The fourth-order valence-electron chi connectivity index (χ4n) is 1.88. The number of carbonyl (C=O) groups is 2. The second-order valence-corrected chi connectivity index (χ2v) is 4.97. The number of hydrogen-bond donors (Lipinski definition) is 1. The number of rotatable bonds is 8. The summed E-state index contributed by atoms with van der Waals surface area (Å²) < 4.78 is 0. The van der Waals surface area contributed by atoms with Crippen molar-refractivity contribution in [2.24, 2.45) is 0 Å². The van der Waals surface area contributed by atoms with E-state index >= 15 is 0 Å². The van der Waals surface area contributed by atoms with Crippen molar-refractivity contribution < 1.29 is 14.7 Å². The molecule has 1 aromatic rings. The van der Waals surface area contributed by atoms with Crippen LogP contribution in [0.2, 0.25) is 0 Å². The standard InChI is InChI=1S/C15H22N2O3/c1-16(10-6-9-15(19)20)12-14(18)17(2)11-13-7-4-3-5-8-13/h3-5,7-8H,6,9-12H2,1-2H3,(H,19,20). The first-order chi connectivity index (χ1) is 9.49. The van der Waals surface area contributed by atoms with Gasteiger partial charge in [-0.2, -0.15) is 0 Å². The van der Waals surface area contributed by atoms with Gasteiger partial charge in [-0.3, -0.25) is 14.5 Å². The minimum atomic E-state index is -0.800. The van der Waals surface area contributed by atoms with Gasteiger partial charge >= 0.3 is 5.97 Å². The normalized spacial score (nSPS) is 10.6. The van der Waals surface area contributed by atoms with Gasteiger partial charge in [0.15, 0.2) is 0 Å². The Kier molecular flexibility index (Phi) is 6.73. The highest BCUT2D eigenvalue weighted by molar-refractivity contribution is 5.77. The highest BCUT2D eigenvalue weighted by Crippen LogP contribution is 2.03. The second-order valence-electron chi connectivity index (χ2n) is 4.97. The summed E-state index contributed by atoms with van der Waals surface area (Å²) in [5.41, 5.74) is 1.09. The summed E-state index contributed by atoms with van der Waals surface area (Å²) in [6, 6.07) is 9.82. The lowest BCUT2D eigenvalue weighted by Gasteiger charge is -2.21. The Morgan fingerprint density at radius 3 is 2.40 bits per heavy atom. The molecule has 5 heteroatoms. The molecule has 0 spiro atoms. The van der Waals surface area contributed by atoms with Gasteiger partial charge in [0.2, 0.25) is 5.91 Å². The molecule has 1 amide bonds. The molecule has 0 saturated heterocycles. The van der Waals surface area contributed by atoms with E-state index in [1.807, 2.05) is 42.3 Å². The van der Waals surface area contributed by atoms with E-state index in [1.165, 1.54) is 0 Å². The molecule has 0 bridgehead atoms. The van der Waals surface area contributed by atoms with Crippen molar-refractivity contribution in [1.82, 2.24) is 9.80 Å². The van der Waals surface area contributed by atoms with Gasteiger partial charge in [0, 0.05) is 20.0 Å². The van der Waals surface area contributed by atoms with Crippen molar-refractivity contribution in [3.8, 4) is 0 Å². The zero-order valence-corrected chi connectivity index (χ0v) is 12.1. The van der Waals surface area contributed by atoms with Gasteiger partial charge in [0.1, 0.15) is 0 Å². The van der Waals surface area contributed by atoms with Gasteiger partial charge < -0.3 is 10.0 Å². The average molecular weight is 278 g/mol. The number of aliphatic carboxylic acids is 1. The molecule has 20 heavy (non-hydrogen) atoms. The van der Waals surface area contributed by atoms with E-state index in [4.69, 9.17) is 5.11 Å². The van der Waals surface area contributed by atoms with E-state index in [9.17, 15) is 9.59 Å². The summed E-state index contributed by atoms with van der Waals surface area (Å²) in [6.07, 6.45) is 0.694. The third-order valence-electron chi connectivity index (χ3n) is 3.02. The maximum atomic E-state index is 12.0. The van der Waals surface area contributed by atoms with E-state index in [0.717, 1.165) is 5.56 Å². The van der Waals surface area contributed by atoms with Gasteiger partial charge in [-0.1, -0.05) is 30.3 Å². The summed E-state index contributed by atoms with van der Waals surface area (Å²) in [6.45, 7) is 1.50. The zero-order chi connectivity index (χ0) is 15.0. The Bertz CT molecular complexity index is 434. The summed E-state index contributed by atoms with van der Waals surface area (Å²) in [7, 11) is 3.61. The number of nitrogens with zero attached hydrogens (tertiary/aromatic N) is 2. The van der Waals surface area contributed by atoms with Crippen LogP contribution in [0.5, 0.6) is 0 Å². The molecular formula is C15H22N2O3. The molecule has 0 aliphatic carbocycles. The molecule has 0 aromatic heterocycles. The SMILES string of the molecule is CN(CCCC(=O)O)CC(=O)N(C)Cc1ccccc1. The van der Waals surface area contributed by atoms with Crippen LogP contribution >= 0.6 is 0 Å². The molecule has 0 atom stereocenters. The van der Waals surface area contributed by atoms with Gasteiger partial charge in [-0.05, 0) is 25.6 Å². The molecule has 0 radical (unpaired) electrons. The van der Waals surface area contributed by atoms with E-state index < -0.39 is 5.97 Å². The van der Waals surface area contributed by atoms with Crippen LogP contribution in [-0.4, -0.2) is 54.0 Å². The number of carboxylic acid groups (broad SMARTS) is 1. The summed E-state index contributed by atoms with van der Waals surface area (Å²) >= 11 is 0. The van der Waals surface area contributed by atoms with Gasteiger partial charge in [-0.25, -0.2) is 0 Å². The van der Waals surface area contributed by atoms with Crippen LogP contribution in [0, 0.1) is 0 Å². The predicted molar refractivity (Wildman–Crippen MR) is 77.3 cm³/mol. The Morgan fingerprint density at radius 1 is 1.15 bits per heavy atom. The van der Waals surface area contributed by atoms with Crippen LogP contribution in [0.25, 0.3) is 0 Å². The molecule has 0 aliphatic rings. The molecule has 0 fully saturated rings. The number of amides is 1. The summed E-state index contributed by atoms with van der Waals surface area (Å²) in [5, 5.41) is 8.57. The highest BCUT2D eigenvalue weighted by Gasteiger charge is 2.12. The predicted octanol–water partition coefficient (Wildman–Crippen LogP) is 1.44. The van der Waals surface area contributed by atoms with E-state index in [1.54, 1.807) is 11.9 Å². The highest BCUT2D eigenvalue weighted by atomic mass is 16.4. The molecule has 5 nitrogen and oxygen atoms in total. The molecule has 0 aliphatic heterocycles. The maximum Gasteiger partial charge on any atom is 0.303 e. The number of benzene rings is 1. The van der Waals surface area contributed by atoms with Crippen molar-refractivity contribution in [2.75, 3.05) is 27.2 Å². The smallest absolute Gasteiger partial charge is 0.303 e. The molecule has 0 heterocycles. The van der Waals surface area contributed by atoms with Crippen molar-refractivity contribution in [3.05, 3.63) is 35.9 Å². The Morgan fingerprint density at radius 2 is 1.80 bits per heavy atom. The van der Waals surface area contributed by atoms with Crippen LogP contribution in [-0.2, 0) is 16.1 Å². The lowest BCUT2D eigenvalue weighted by atomic mass is 10.2. The van der Waals surface area contributed by atoms with Crippen molar-refractivity contribution >= 4 is 11.9 Å². The minimum Gasteiger partial charge on any atom is -0.481 e. The molecule has 1 aromatic carbocycles. The van der Waals surface area contributed by atoms with Crippen LogP contribution < -0.4 is 0 Å². The Balaban J connectivity index is 2.32. The molecule has 0 unspecified atom stereocenters. The van der Waals surface area contributed by atoms with Crippen LogP contribution in [0.4, 0.5) is 0 Å². The number of hydrogen-bond acceptors (Lipinski definition) is 3. The minimum absolute atomic E-state index is 0.0340. The van der Waals surface area contributed by atoms with Crippen molar-refractivity contribution in [3.63, 3.8) is 0 Å². The molecule has 1 rings (SSSR count). The molecule has 1 N–H and O–H groups in total. The quantitative estimate of drug-likeness (QED) is 0.781. The Labute approximate surface area is 119 Å². The van der Waals surface area contributed by atoms with Crippen LogP contribution in [0.3, 0.4) is 0 Å². The van der Waals surface area contributed by atoms with Gasteiger partial charge in [-0.15, -0.1) is 0 Å². The fourth-order valence-corrected chi connectivity index (χ4v) is 1.88. The first-order valence-corrected chi connectivity index (χ1v) is 6.67. The van der Waals surface area contributed by atoms with Gasteiger partial charge in [0.25, 0.3) is 0 Å². The van der Waals surface area contributed by atoms with Crippen LogP contribution in [0.1, 0.15) is 18.4 Å². The van der Waals surface area contributed by atoms with Gasteiger partial charge in [0.05, 0.1) is 6.54 Å². The monoisotopic (exact) mass is 278 g/mol. The number of carbonyl (C=O) groups excluding carboxylic acids is 1. The maximum absolute atomic E-state index is 12.0. The van der Waals surface area contributed by atoms with Crippen molar-refractivity contribution in [1.29, 1.82) is 0 Å². The number of carboxylic acids is 1. The largest absolute Gasteiger partial charge is 0.481 e. The second kappa shape index (κ2) is 8.32. The summed E-state index contributed by atoms with van der Waals surface area (Å²) in [4.78, 5) is 26.0. The third-order valence-corrected chi connectivity index (χ3v) is 3.02. The number of likely N-dealkylation sites (N-methyl/N-ethyl adjacent to an activating group) is 2.